The monoisotopic (exact) mass is 228 g/mol. The fourth-order valence-electron chi connectivity index (χ4n) is 1.41. The van der Waals surface area contributed by atoms with Gasteiger partial charge in [-0.05, 0) is 18.6 Å². The molecule has 0 aliphatic heterocycles. The molecule has 0 amide bonds. The second-order valence-corrected chi connectivity index (χ2v) is 4.03. The Morgan fingerprint density at radius 3 is 2.71 bits per heavy atom. The third-order valence-corrected chi connectivity index (χ3v) is 2.78. The highest BCUT2D eigenvalue weighted by Gasteiger charge is 2.05. The summed E-state index contributed by atoms with van der Waals surface area (Å²) in [5.41, 5.74) is 1.82. The van der Waals surface area contributed by atoms with E-state index in [9.17, 15) is 0 Å². The Hall–Kier alpha value is -0.730. The summed E-state index contributed by atoms with van der Waals surface area (Å²) in [5.74, 6) is 0.987. The third-order valence-electron chi connectivity index (χ3n) is 2.06. The van der Waals surface area contributed by atoms with Crippen LogP contribution < -0.4 is 0 Å². The predicted octanol–water partition coefficient (Wildman–Crippen LogP) is 3.82. The molecule has 0 aliphatic carbocycles. The minimum Gasteiger partial charge on any atom is -0.342 e. The van der Waals surface area contributed by atoms with Crippen molar-refractivity contribution < 1.29 is 0 Å². The topological polar surface area (TPSA) is 28.7 Å². The fraction of sp³-hybridized carbons (Fsp3) is 0.300. The minimum atomic E-state index is 0.550. The SMILES string of the molecule is CCCc1nc2cc(Cl)c(Cl)cc2[nH]1. The number of aryl methyl sites for hydroxylation is 1. The Morgan fingerprint density at radius 1 is 1.29 bits per heavy atom. The first-order chi connectivity index (χ1) is 6.70. The molecule has 14 heavy (non-hydrogen) atoms. The van der Waals surface area contributed by atoms with Crippen molar-refractivity contribution in [1.82, 2.24) is 9.97 Å². The van der Waals surface area contributed by atoms with Crippen molar-refractivity contribution in [2.75, 3.05) is 0 Å². The molecule has 0 saturated carbocycles. The molecule has 0 spiro atoms. The van der Waals surface area contributed by atoms with Crippen LogP contribution in [0.1, 0.15) is 19.2 Å². The van der Waals surface area contributed by atoms with Gasteiger partial charge in [-0.2, -0.15) is 0 Å². The number of fused-ring (bicyclic) bond motifs is 1. The van der Waals surface area contributed by atoms with E-state index in [1.54, 1.807) is 6.07 Å². The molecule has 0 saturated heterocycles. The van der Waals surface area contributed by atoms with E-state index in [0.29, 0.717) is 10.0 Å². The molecule has 0 aliphatic rings. The molecule has 0 fully saturated rings. The molecular weight excluding hydrogens is 219 g/mol. The van der Waals surface area contributed by atoms with Crippen LogP contribution in [0, 0.1) is 0 Å². The van der Waals surface area contributed by atoms with E-state index in [4.69, 9.17) is 23.2 Å². The molecule has 0 unspecified atom stereocenters. The molecule has 2 rings (SSSR count). The summed E-state index contributed by atoms with van der Waals surface area (Å²) in [6.07, 6.45) is 2.02. The fourth-order valence-corrected chi connectivity index (χ4v) is 1.73. The first-order valence-electron chi connectivity index (χ1n) is 4.54. The van der Waals surface area contributed by atoms with Crippen molar-refractivity contribution in [1.29, 1.82) is 0 Å². The lowest BCUT2D eigenvalue weighted by molar-refractivity contribution is 0.861. The minimum absolute atomic E-state index is 0.550. The van der Waals surface area contributed by atoms with E-state index in [-0.39, 0.29) is 0 Å². The highest BCUT2D eigenvalue weighted by molar-refractivity contribution is 6.42. The number of imidazole rings is 1. The van der Waals surface area contributed by atoms with Gasteiger partial charge in [0.2, 0.25) is 0 Å². The Labute approximate surface area is 92.2 Å². The molecule has 1 aromatic carbocycles. The zero-order valence-corrected chi connectivity index (χ0v) is 9.28. The lowest BCUT2D eigenvalue weighted by atomic mass is 10.3. The van der Waals surface area contributed by atoms with Gasteiger partial charge < -0.3 is 4.98 Å². The molecule has 1 aromatic heterocycles. The van der Waals surface area contributed by atoms with E-state index >= 15 is 0 Å². The van der Waals surface area contributed by atoms with Crippen LogP contribution in [0.2, 0.25) is 10.0 Å². The van der Waals surface area contributed by atoms with E-state index in [1.165, 1.54) is 0 Å². The smallest absolute Gasteiger partial charge is 0.107 e. The maximum atomic E-state index is 5.89. The molecule has 0 radical (unpaired) electrons. The van der Waals surface area contributed by atoms with Crippen LogP contribution in [0.3, 0.4) is 0 Å². The Balaban J connectivity index is 2.54. The van der Waals surface area contributed by atoms with Crippen LogP contribution in [0.15, 0.2) is 12.1 Å². The molecule has 74 valence electrons. The van der Waals surface area contributed by atoms with Crippen LogP contribution >= 0.6 is 23.2 Å². The van der Waals surface area contributed by atoms with Gasteiger partial charge >= 0.3 is 0 Å². The number of H-pyrrole nitrogens is 1. The van der Waals surface area contributed by atoms with Crippen LogP contribution in [-0.4, -0.2) is 9.97 Å². The van der Waals surface area contributed by atoms with Crippen molar-refractivity contribution in [3.63, 3.8) is 0 Å². The molecular formula is C10H10Cl2N2. The number of aromatic amines is 1. The number of rotatable bonds is 2. The van der Waals surface area contributed by atoms with Gasteiger partial charge in [-0.3, -0.25) is 0 Å². The number of nitrogens with zero attached hydrogens (tertiary/aromatic N) is 1. The quantitative estimate of drug-likeness (QED) is 0.832. The Morgan fingerprint density at radius 2 is 2.00 bits per heavy atom. The Kier molecular flexibility index (Phi) is 2.66. The Bertz CT molecular complexity index is 423. The summed E-state index contributed by atoms with van der Waals surface area (Å²) in [6, 6.07) is 3.60. The summed E-state index contributed by atoms with van der Waals surface area (Å²) < 4.78 is 0. The summed E-state index contributed by atoms with van der Waals surface area (Å²) in [7, 11) is 0. The van der Waals surface area contributed by atoms with Crippen molar-refractivity contribution >= 4 is 34.2 Å². The molecule has 2 aromatic rings. The number of halogens is 2. The van der Waals surface area contributed by atoms with E-state index in [2.05, 4.69) is 16.9 Å². The van der Waals surface area contributed by atoms with Gasteiger partial charge in [0.1, 0.15) is 5.82 Å². The summed E-state index contributed by atoms with van der Waals surface area (Å²) in [5, 5.41) is 1.11. The van der Waals surface area contributed by atoms with Crippen LogP contribution in [0.5, 0.6) is 0 Å². The normalized spacial score (nSPS) is 11.1. The number of hydrogen-bond donors (Lipinski definition) is 1. The molecule has 4 heteroatoms. The van der Waals surface area contributed by atoms with Gasteiger partial charge in [0.05, 0.1) is 21.1 Å². The van der Waals surface area contributed by atoms with Crippen molar-refractivity contribution in [2.45, 2.75) is 19.8 Å². The van der Waals surface area contributed by atoms with Gasteiger partial charge in [0.25, 0.3) is 0 Å². The van der Waals surface area contributed by atoms with Gasteiger partial charge in [-0.1, -0.05) is 30.1 Å². The van der Waals surface area contributed by atoms with E-state index < -0.39 is 0 Å². The van der Waals surface area contributed by atoms with Crippen LogP contribution in [0.25, 0.3) is 11.0 Å². The molecule has 2 nitrogen and oxygen atoms in total. The van der Waals surface area contributed by atoms with Gasteiger partial charge in [-0.25, -0.2) is 4.98 Å². The van der Waals surface area contributed by atoms with Gasteiger partial charge in [-0.15, -0.1) is 0 Å². The van der Waals surface area contributed by atoms with E-state index in [1.807, 2.05) is 6.07 Å². The summed E-state index contributed by atoms with van der Waals surface area (Å²) >= 11 is 11.8. The molecule has 0 atom stereocenters. The lowest BCUT2D eigenvalue weighted by Gasteiger charge is -1.93. The van der Waals surface area contributed by atoms with Gasteiger partial charge in [0, 0.05) is 6.42 Å². The maximum Gasteiger partial charge on any atom is 0.107 e. The predicted molar refractivity (Wildman–Crippen MR) is 60.1 cm³/mol. The summed E-state index contributed by atoms with van der Waals surface area (Å²) in [4.78, 5) is 7.62. The number of hydrogen-bond acceptors (Lipinski definition) is 1. The van der Waals surface area contributed by atoms with Crippen molar-refractivity contribution in [2.24, 2.45) is 0 Å². The average Bonchev–Trinajstić information content (AvgIpc) is 2.48. The van der Waals surface area contributed by atoms with Crippen molar-refractivity contribution in [3.05, 3.63) is 28.0 Å². The zero-order valence-electron chi connectivity index (χ0n) is 7.77. The largest absolute Gasteiger partial charge is 0.342 e. The highest BCUT2D eigenvalue weighted by atomic mass is 35.5. The molecule has 0 bridgehead atoms. The number of benzene rings is 1. The first kappa shape index (κ1) is 9.81. The molecule has 1 N–H and O–H groups in total. The lowest BCUT2D eigenvalue weighted by Crippen LogP contribution is -1.83. The van der Waals surface area contributed by atoms with Crippen molar-refractivity contribution in [3.8, 4) is 0 Å². The average molecular weight is 229 g/mol. The zero-order chi connectivity index (χ0) is 10.1. The number of nitrogens with one attached hydrogen (secondary N) is 1. The second kappa shape index (κ2) is 3.79. The number of aromatic nitrogens is 2. The van der Waals surface area contributed by atoms with Crippen LogP contribution in [-0.2, 0) is 6.42 Å². The van der Waals surface area contributed by atoms with Crippen LogP contribution in [0.4, 0.5) is 0 Å². The standard InChI is InChI=1S/C10H10Cl2N2/c1-2-3-10-13-8-4-6(11)7(12)5-9(8)14-10/h4-5H,2-3H2,1H3,(H,13,14). The van der Waals surface area contributed by atoms with Gasteiger partial charge in [0.15, 0.2) is 0 Å². The third kappa shape index (κ3) is 1.72. The maximum absolute atomic E-state index is 5.89. The second-order valence-electron chi connectivity index (χ2n) is 3.22. The molecule has 1 heterocycles. The summed E-state index contributed by atoms with van der Waals surface area (Å²) in [6.45, 7) is 2.12. The highest BCUT2D eigenvalue weighted by Crippen LogP contribution is 2.26. The van der Waals surface area contributed by atoms with E-state index in [0.717, 1.165) is 29.7 Å². The first-order valence-corrected chi connectivity index (χ1v) is 5.30.